The van der Waals surface area contributed by atoms with Gasteiger partial charge in [-0.05, 0) is 45.6 Å². The van der Waals surface area contributed by atoms with Gasteiger partial charge in [-0.15, -0.1) is 0 Å². The van der Waals surface area contributed by atoms with Crippen LogP contribution < -0.4 is 5.32 Å². The summed E-state index contributed by atoms with van der Waals surface area (Å²) in [7, 11) is 2.01. The second-order valence-electron chi connectivity index (χ2n) is 3.65. The molecular weight excluding hydrogens is 138 g/mol. The number of rotatable bonds is 2. The molecule has 0 spiro atoms. The largest absolute Gasteiger partial charge is 0.393 e. The highest BCUT2D eigenvalue weighted by Crippen LogP contribution is 2.26. The summed E-state index contributed by atoms with van der Waals surface area (Å²) in [6, 6.07) is 0.613. The van der Waals surface area contributed by atoms with Gasteiger partial charge in [-0.3, -0.25) is 0 Å². The first-order chi connectivity index (χ1) is 5.24. The number of aliphatic hydroxyl groups is 1. The lowest BCUT2D eigenvalue weighted by Gasteiger charge is -2.29. The lowest BCUT2D eigenvalue weighted by molar-refractivity contribution is 0.100. The van der Waals surface area contributed by atoms with Crippen LogP contribution in [0, 0.1) is 5.92 Å². The van der Waals surface area contributed by atoms with Crippen LogP contribution in [0.2, 0.25) is 0 Å². The van der Waals surface area contributed by atoms with E-state index in [0.717, 1.165) is 18.8 Å². The van der Waals surface area contributed by atoms with Gasteiger partial charge in [0, 0.05) is 6.04 Å². The molecule has 0 aromatic rings. The quantitative estimate of drug-likeness (QED) is 0.630. The molecule has 1 aliphatic rings. The van der Waals surface area contributed by atoms with Crippen molar-refractivity contribution in [2.45, 2.75) is 44.8 Å². The van der Waals surface area contributed by atoms with Crippen LogP contribution in [-0.2, 0) is 0 Å². The Morgan fingerprint density at radius 1 is 1.27 bits per heavy atom. The Morgan fingerprint density at radius 3 is 2.27 bits per heavy atom. The van der Waals surface area contributed by atoms with E-state index < -0.39 is 0 Å². The molecule has 0 saturated heterocycles. The molecule has 2 nitrogen and oxygen atoms in total. The summed E-state index contributed by atoms with van der Waals surface area (Å²) in [6.45, 7) is 2.22. The van der Waals surface area contributed by atoms with Gasteiger partial charge in [0.1, 0.15) is 0 Å². The lowest BCUT2D eigenvalue weighted by Crippen LogP contribution is -2.34. The zero-order chi connectivity index (χ0) is 8.27. The molecule has 0 bridgehead atoms. The standard InChI is InChI=1S/C9H19NO/c1-7(10-2)8-3-5-9(11)6-4-8/h7-11H,3-6H2,1-2H3. The topological polar surface area (TPSA) is 32.3 Å². The smallest absolute Gasteiger partial charge is 0.0540 e. The van der Waals surface area contributed by atoms with Crippen LogP contribution in [0.5, 0.6) is 0 Å². The molecule has 1 unspecified atom stereocenters. The highest BCUT2D eigenvalue weighted by Gasteiger charge is 2.22. The first kappa shape index (κ1) is 9.01. The van der Waals surface area contributed by atoms with Crippen molar-refractivity contribution >= 4 is 0 Å². The first-order valence-corrected chi connectivity index (χ1v) is 4.59. The van der Waals surface area contributed by atoms with Crippen LogP contribution >= 0.6 is 0 Å². The maximum Gasteiger partial charge on any atom is 0.0540 e. The third kappa shape index (κ3) is 2.46. The van der Waals surface area contributed by atoms with Crippen LogP contribution in [0.1, 0.15) is 32.6 Å². The highest BCUT2D eigenvalue weighted by molar-refractivity contribution is 4.77. The van der Waals surface area contributed by atoms with E-state index in [9.17, 15) is 5.11 Å². The third-order valence-electron chi connectivity index (χ3n) is 2.90. The van der Waals surface area contributed by atoms with Gasteiger partial charge in [-0.25, -0.2) is 0 Å². The molecule has 2 N–H and O–H groups in total. The highest BCUT2D eigenvalue weighted by atomic mass is 16.3. The minimum atomic E-state index is -0.0182. The number of hydrogen-bond acceptors (Lipinski definition) is 2. The molecule has 0 amide bonds. The Hall–Kier alpha value is -0.0800. The van der Waals surface area contributed by atoms with Crippen molar-refractivity contribution in [1.29, 1.82) is 0 Å². The fraction of sp³-hybridized carbons (Fsp3) is 1.00. The number of hydrogen-bond donors (Lipinski definition) is 2. The molecule has 1 atom stereocenters. The molecule has 0 aromatic heterocycles. The van der Waals surface area contributed by atoms with Crippen LogP contribution in [0.25, 0.3) is 0 Å². The first-order valence-electron chi connectivity index (χ1n) is 4.59. The average molecular weight is 157 g/mol. The van der Waals surface area contributed by atoms with E-state index in [1.165, 1.54) is 12.8 Å². The van der Waals surface area contributed by atoms with Crippen molar-refractivity contribution in [3.8, 4) is 0 Å². The molecule has 1 fully saturated rings. The second kappa shape index (κ2) is 4.07. The summed E-state index contributed by atoms with van der Waals surface area (Å²) in [5.41, 5.74) is 0. The van der Waals surface area contributed by atoms with Gasteiger partial charge in [0.15, 0.2) is 0 Å². The average Bonchev–Trinajstić information content (AvgIpc) is 2.05. The van der Waals surface area contributed by atoms with E-state index >= 15 is 0 Å². The van der Waals surface area contributed by atoms with Crippen LogP contribution in [0.15, 0.2) is 0 Å². The zero-order valence-corrected chi connectivity index (χ0v) is 7.51. The molecule has 2 heteroatoms. The minimum absolute atomic E-state index is 0.0182. The second-order valence-corrected chi connectivity index (χ2v) is 3.65. The Morgan fingerprint density at radius 2 is 1.82 bits per heavy atom. The normalized spacial score (nSPS) is 35.2. The molecule has 66 valence electrons. The van der Waals surface area contributed by atoms with Crippen molar-refractivity contribution in [1.82, 2.24) is 5.32 Å². The Bertz CT molecular complexity index is 108. The Balaban J connectivity index is 2.27. The third-order valence-corrected chi connectivity index (χ3v) is 2.90. The maximum atomic E-state index is 9.26. The van der Waals surface area contributed by atoms with Gasteiger partial charge >= 0.3 is 0 Å². The molecule has 1 aliphatic carbocycles. The van der Waals surface area contributed by atoms with Crippen molar-refractivity contribution in [3.05, 3.63) is 0 Å². The molecule has 0 heterocycles. The van der Waals surface area contributed by atoms with Crippen LogP contribution in [0.3, 0.4) is 0 Å². The van der Waals surface area contributed by atoms with Crippen LogP contribution in [0.4, 0.5) is 0 Å². The van der Waals surface area contributed by atoms with Crippen LogP contribution in [-0.4, -0.2) is 24.3 Å². The van der Waals surface area contributed by atoms with Gasteiger partial charge in [0.05, 0.1) is 6.10 Å². The summed E-state index contributed by atoms with van der Waals surface area (Å²) in [4.78, 5) is 0. The molecule has 0 aromatic carbocycles. The van der Waals surface area contributed by atoms with E-state index in [0.29, 0.717) is 6.04 Å². The predicted molar refractivity (Wildman–Crippen MR) is 46.5 cm³/mol. The van der Waals surface area contributed by atoms with E-state index in [-0.39, 0.29) is 6.10 Å². The Kier molecular flexibility index (Phi) is 3.34. The molecule has 1 saturated carbocycles. The fourth-order valence-electron chi connectivity index (χ4n) is 1.84. The number of aliphatic hydroxyl groups excluding tert-OH is 1. The van der Waals surface area contributed by atoms with E-state index in [1.54, 1.807) is 0 Å². The number of nitrogens with one attached hydrogen (secondary N) is 1. The minimum Gasteiger partial charge on any atom is -0.393 e. The van der Waals surface area contributed by atoms with Gasteiger partial charge in [0.25, 0.3) is 0 Å². The summed E-state index contributed by atoms with van der Waals surface area (Å²) in [6.07, 6.45) is 4.34. The predicted octanol–water partition coefficient (Wildman–Crippen LogP) is 1.15. The van der Waals surface area contributed by atoms with Crippen molar-refractivity contribution in [3.63, 3.8) is 0 Å². The van der Waals surface area contributed by atoms with Gasteiger partial charge in [-0.1, -0.05) is 0 Å². The van der Waals surface area contributed by atoms with E-state index in [4.69, 9.17) is 0 Å². The van der Waals surface area contributed by atoms with Crippen molar-refractivity contribution in [2.24, 2.45) is 5.92 Å². The van der Waals surface area contributed by atoms with E-state index in [2.05, 4.69) is 12.2 Å². The monoisotopic (exact) mass is 157 g/mol. The van der Waals surface area contributed by atoms with E-state index in [1.807, 2.05) is 7.05 Å². The summed E-state index contributed by atoms with van der Waals surface area (Å²) < 4.78 is 0. The zero-order valence-electron chi connectivity index (χ0n) is 7.51. The summed E-state index contributed by atoms with van der Waals surface area (Å²) >= 11 is 0. The Labute approximate surface area is 69.0 Å². The molecule has 0 aliphatic heterocycles. The molecular formula is C9H19NO. The van der Waals surface area contributed by atoms with Gasteiger partial charge in [0.2, 0.25) is 0 Å². The molecule has 0 radical (unpaired) electrons. The maximum absolute atomic E-state index is 9.26. The van der Waals surface area contributed by atoms with Gasteiger partial charge in [-0.2, -0.15) is 0 Å². The molecule has 11 heavy (non-hydrogen) atoms. The van der Waals surface area contributed by atoms with Crippen molar-refractivity contribution < 1.29 is 5.11 Å². The summed E-state index contributed by atoms with van der Waals surface area (Å²) in [5, 5.41) is 12.5. The van der Waals surface area contributed by atoms with Gasteiger partial charge < -0.3 is 10.4 Å². The molecule has 1 rings (SSSR count). The fourth-order valence-corrected chi connectivity index (χ4v) is 1.84. The summed E-state index contributed by atoms with van der Waals surface area (Å²) in [5.74, 6) is 0.781. The lowest BCUT2D eigenvalue weighted by atomic mass is 9.83. The SMILES string of the molecule is CNC(C)C1CCC(O)CC1. The van der Waals surface area contributed by atoms with Crippen molar-refractivity contribution in [2.75, 3.05) is 7.05 Å².